The van der Waals surface area contributed by atoms with Crippen molar-refractivity contribution in [2.75, 3.05) is 7.11 Å². The van der Waals surface area contributed by atoms with Crippen LogP contribution in [0.25, 0.3) is 10.8 Å². The normalized spacial score (nSPS) is 10.6. The second kappa shape index (κ2) is 5.69. The van der Waals surface area contributed by atoms with Crippen molar-refractivity contribution < 1.29 is 13.9 Å². The maximum Gasteiger partial charge on any atom is 0.227 e. The molecule has 5 heteroatoms. The van der Waals surface area contributed by atoms with Gasteiger partial charge in [0.2, 0.25) is 5.88 Å². The predicted octanol–water partition coefficient (Wildman–Crippen LogP) is 4.94. The van der Waals surface area contributed by atoms with E-state index in [1.165, 1.54) is 6.07 Å². The molecule has 21 heavy (non-hydrogen) atoms. The summed E-state index contributed by atoms with van der Waals surface area (Å²) in [6.07, 6.45) is 1.62. The van der Waals surface area contributed by atoms with Crippen molar-refractivity contribution in [3.8, 4) is 17.4 Å². The van der Waals surface area contributed by atoms with Gasteiger partial charge in [-0.05, 0) is 47.9 Å². The number of rotatable bonds is 3. The van der Waals surface area contributed by atoms with Gasteiger partial charge < -0.3 is 9.47 Å². The van der Waals surface area contributed by atoms with Gasteiger partial charge in [-0.1, -0.05) is 15.9 Å². The SMILES string of the molecule is COc1ccc2c(Oc3cc(Br)ccc3F)nccc2c1. The van der Waals surface area contributed by atoms with Crippen LogP contribution in [0.15, 0.2) is 53.1 Å². The van der Waals surface area contributed by atoms with Crippen LogP contribution < -0.4 is 9.47 Å². The standard InChI is InChI=1S/C16H11BrFNO2/c1-20-12-3-4-13-10(8-12)6-7-19-16(13)21-15-9-11(17)2-5-14(15)18/h2-9H,1H3. The number of halogens is 2. The van der Waals surface area contributed by atoms with Crippen LogP contribution in [0.2, 0.25) is 0 Å². The van der Waals surface area contributed by atoms with E-state index in [0.717, 1.165) is 21.0 Å². The number of fused-ring (bicyclic) bond motifs is 1. The molecule has 0 saturated carbocycles. The molecule has 106 valence electrons. The predicted molar refractivity (Wildman–Crippen MR) is 82.5 cm³/mol. The Morgan fingerprint density at radius 2 is 1.95 bits per heavy atom. The third-order valence-electron chi connectivity index (χ3n) is 3.03. The van der Waals surface area contributed by atoms with Crippen LogP contribution in [0, 0.1) is 5.82 Å². The fourth-order valence-electron chi connectivity index (χ4n) is 2.00. The molecule has 0 aliphatic heterocycles. The quantitative estimate of drug-likeness (QED) is 0.672. The highest BCUT2D eigenvalue weighted by Gasteiger charge is 2.10. The Balaban J connectivity index is 2.06. The van der Waals surface area contributed by atoms with E-state index in [-0.39, 0.29) is 5.75 Å². The molecule has 0 unspecified atom stereocenters. The van der Waals surface area contributed by atoms with Gasteiger partial charge in [-0.25, -0.2) is 9.37 Å². The Morgan fingerprint density at radius 3 is 2.76 bits per heavy atom. The molecule has 2 aromatic carbocycles. The number of methoxy groups -OCH3 is 1. The lowest BCUT2D eigenvalue weighted by molar-refractivity contribution is 0.415. The Hall–Kier alpha value is -2.14. The zero-order valence-corrected chi connectivity index (χ0v) is 12.7. The minimum Gasteiger partial charge on any atom is -0.497 e. The highest BCUT2D eigenvalue weighted by Crippen LogP contribution is 2.32. The Morgan fingerprint density at radius 1 is 1.10 bits per heavy atom. The lowest BCUT2D eigenvalue weighted by Gasteiger charge is -2.09. The molecule has 3 aromatic rings. The minimum atomic E-state index is -0.439. The summed E-state index contributed by atoms with van der Waals surface area (Å²) in [5.74, 6) is 0.783. The number of pyridine rings is 1. The Kier molecular flexibility index (Phi) is 3.75. The first-order valence-corrected chi connectivity index (χ1v) is 7.02. The van der Waals surface area contributed by atoms with Crippen molar-refractivity contribution in [3.05, 3.63) is 59.0 Å². The molecule has 0 fully saturated rings. The smallest absolute Gasteiger partial charge is 0.227 e. The van der Waals surface area contributed by atoms with Gasteiger partial charge in [0.05, 0.1) is 7.11 Å². The zero-order valence-electron chi connectivity index (χ0n) is 11.1. The largest absolute Gasteiger partial charge is 0.497 e. The van der Waals surface area contributed by atoms with Crippen LogP contribution in [0.3, 0.4) is 0 Å². The number of aromatic nitrogens is 1. The number of nitrogens with zero attached hydrogens (tertiary/aromatic N) is 1. The van der Waals surface area contributed by atoms with Crippen molar-refractivity contribution in [2.24, 2.45) is 0 Å². The van der Waals surface area contributed by atoms with Gasteiger partial charge in [0.25, 0.3) is 0 Å². The molecular weight excluding hydrogens is 337 g/mol. The second-order valence-electron chi connectivity index (χ2n) is 4.38. The molecule has 0 aliphatic rings. The van der Waals surface area contributed by atoms with E-state index < -0.39 is 5.82 Å². The molecule has 0 bridgehead atoms. The molecule has 0 spiro atoms. The molecule has 0 aliphatic carbocycles. The summed E-state index contributed by atoms with van der Waals surface area (Å²) in [4.78, 5) is 4.18. The number of hydrogen-bond acceptors (Lipinski definition) is 3. The second-order valence-corrected chi connectivity index (χ2v) is 5.30. The van der Waals surface area contributed by atoms with Crippen LogP contribution in [0.5, 0.6) is 17.4 Å². The Labute approximate surface area is 129 Å². The van der Waals surface area contributed by atoms with Gasteiger partial charge in [-0.3, -0.25) is 0 Å². The van der Waals surface area contributed by atoms with Gasteiger partial charge >= 0.3 is 0 Å². The van der Waals surface area contributed by atoms with Gasteiger partial charge in [0.15, 0.2) is 11.6 Å². The van der Waals surface area contributed by atoms with Crippen LogP contribution in [-0.2, 0) is 0 Å². The van der Waals surface area contributed by atoms with Gasteiger partial charge in [0.1, 0.15) is 5.75 Å². The van der Waals surface area contributed by atoms with Crippen LogP contribution in [0.1, 0.15) is 0 Å². The van der Waals surface area contributed by atoms with Crippen molar-refractivity contribution in [3.63, 3.8) is 0 Å². The van der Waals surface area contributed by atoms with Gasteiger partial charge in [-0.2, -0.15) is 0 Å². The molecule has 0 radical (unpaired) electrons. The topological polar surface area (TPSA) is 31.4 Å². The first-order chi connectivity index (χ1) is 10.2. The summed E-state index contributed by atoms with van der Waals surface area (Å²) in [7, 11) is 1.61. The summed E-state index contributed by atoms with van der Waals surface area (Å²) in [5.41, 5.74) is 0. The average Bonchev–Trinajstić information content (AvgIpc) is 2.50. The van der Waals surface area contributed by atoms with Crippen molar-refractivity contribution in [1.29, 1.82) is 0 Å². The molecule has 3 nitrogen and oxygen atoms in total. The summed E-state index contributed by atoms with van der Waals surface area (Å²) >= 11 is 3.29. The Bertz CT molecular complexity index is 807. The zero-order chi connectivity index (χ0) is 14.8. The molecule has 0 N–H and O–H groups in total. The maximum absolute atomic E-state index is 13.8. The summed E-state index contributed by atoms with van der Waals surface area (Å²) in [5, 5.41) is 1.70. The van der Waals surface area contributed by atoms with Gasteiger partial charge in [0, 0.05) is 16.1 Å². The summed E-state index contributed by atoms with van der Waals surface area (Å²) in [6.45, 7) is 0. The molecule has 1 aromatic heterocycles. The van der Waals surface area contributed by atoms with E-state index in [1.807, 2.05) is 24.3 Å². The third kappa shape index (κ3) is 2.83. The minimum absolute atomic E-state index is 0.125. The summed E-state index contributed by atoms with van der Waals surface area (Å²) in [6, 6.07) is 11.9. The van der Waals surface area contributed by atoms with E-state index in [9.17, 15) is 4.39 Å². The van der Waals surface area contributed by atoms with E-state index in [1.54, 1.807) is 25.4 Å². The molecule has 3 rings (SSSR count). The lowest BCUT2D eigenvalue weighted by atomic mass is 10.1. The van der Waals surface area contributed by atoms with Crippen molar-refractivity contribution in [1.82, 2.24) is 4.98 Å². The molecule has 0 amide bonds. The molecular formula is C16H11BrFNO2. The summed E-state index contributed by atoms with van der Waals surface area (Å²) < 4.78 is 25.3. The first-order valence-electron chi connectivity index (χ1n) is 6.23. The highest BCUT2D eigenvalue weighted by atomic mass is 79.9. The van der Waals surface area contributed by atoms with E-state index in [2.05, 4.69) is 20.9 Å². The lowest BCUT2D eigenvalue weighted by Crippen LogP contribution is -1.92. The average molecular weight is 348 g/mol. The molecule has 1 heterocycles. The van der Waals surface area contributed by atoms with Crippen LogP contribution in [-0.4, -0.2) is 12.1 Å². The molecule has 0 atom stereocenters. The van der Waals surface area contributed by atoms with Crippen LogP contribution >= 0.6 is 15.9 Å². The van der Waals surface area contributed by atoms with Crippen LogP contribution in [0.4, 0.5) is 4.39 Å². The third-order valence-corrected chi connectivity index (χ3v) is 3.53. The number of hydrogen-bond donors (Lipinski definition) is 0. The van der Waals surface area contributed by atoms with E-state index in [4.69, 9.17) is 9.47 Å². The number of benzene rings is 2. The van der Waals surface area contributed by atoms with Crippen molar-refractivity contribution >= 4 is 26.7 Å². The van der Waals surface area contributed by atoms with E-state index in [0.29, 0.717) is 5.88 Å². The monoisotopic (exact) mass is 347 g/mol. The van der Waals surface area contributed by atoms with E-state index >= 15 is 0 Å². The first kappa shape index (κ1) is 13.8. The fraction of sp³-hybridized carbons (Fsp3) is 0.0625. The number of ether oxygens (including phenoxy) is 2. The van der Waals surface area contributed by atoms with Crippen molar-refractivity contribution in [2.45, 2.75) is 0 Å². The highest BCUT2D eigenvalue weighted by molar-refractivity contribution is 9.10. The fourth-order valence-corrected chi connectivity index (χ4v) is 2.34. The van der Waals surface area contributed by atoms with Gasteiger partial charge in [-0.15, -0.1) is 0 Å². The maximum atomic E-state index is 13.8. The molecule has 0 saturated heterocycles.